The van der Waals surface area contributed by atoms with Gasteiger partial charge < -0.3 is 60.0 Å². The number of esters is 1. The number of piperazine rings is 1. The lowest BCUT2D eigenvalue weighted by atomic mass is 9.78. The summed E-state index contributed by atoms with van der Waals surface area (Å²) in [5.41, 5.74) is 0.386. The molecule has 0 spiro atoms. The summed E-state index contributed by atoms with van der Waals surface area (Å²) in [5, 5.41) is 69.5. The molecule has 17 heteroatoms. The van der Waals surface area contributed by atoms with Crippen molar-refractivity contribution in [3.05, 3.63) is 52.8 Å². The molecule has 0 unspecified atom stereocenters. The number of aliphatic hydroxyl groups is 3. The van der Waals surface area contributed by atoms with E-state index >= 15 is 0 Å². The van der Waals surface area contributed by atoms with Crippen molar-refractivity contribution in [2.45, 2.75) is 85.6 Å². The van der Waals surface area contributed by atoms with E-state index in [0.29, 0.717) is 18.7 Å². The number of ether oxygens (including phenoxy) is 4. The summed E-state index contributed by atoms with van der Waals surface area (Å²) >= 11 is 0. The summed E-state index contributed by atoms with van der Waals surface area (Å²) in [5.74, 6) is -7.34. The molecule has 0 aromatic heterocycles. The summed E-state index contributed by atoms with van der Waals surface area (Å²) in [6, 6.07) is 0. The van der Waals surface area contributed by atoms with Crippen molar-refractivity contribution in [1.82, 2.24) is 9.91 Å². The van der Waals surface area contributed by atoms with Crippen LogP contribution in [-0.2, 0) is 23.8 Å². The van der Waals surface area contributed by atoms with Crippen LogP contribution in [0.25, 0.3) is 10.8 Å². The highest BCUT2D eigenvalue weighted by Crippen LogP contribution is 2.54. The first kappa shape index (κ1) is 47.8. The molecule has 6 rings (SSSR count). The first-order chi connectivity index (χ1) is 29.3. The third kappa shape index (κ3) is 9.71. The Kier molecular flexibility index (Phi) is 15.3. The van der Waals surface area contributed by atoms with Crippen molar-refractivity contribution >= 4 is 46.0 Å². The number of aromatic hydroxyl groups is 2. The van der Waals surface area contributed by atoms with E-state index < -0.39 is 83.0 Å². The van der Waals surface area contributed by atoms with Gasteiger partial charge in [-0.25, -0.2) is 0 Å². The summed E-state index contributed by atoms with van der Waals surface area (Å²) in [6.45, 7) is 15.1. The van der Waals surface area contributed by atoms with Crippen LogP contribution in [0.2, 0.25) is 0 Å². The number of methoxy groups -OCH3 is 1. The standard InChI is InChI=1S/C45H63N5O12/c1-23-12-11-13-24(2)44(58)48-36-30(22-47-50-18-16-49(9)17-19-50)39(55)32-33(40(36)56)35(46-15-20-51)26(4)42-34(32)43(57)45(8,62-42)60-21-14-31(59-10)25(3)41(61-29(7)52)28(6)38(54)27(5)37(23)53/h11-14,21-23,25,27-28,31,37-38,41,46,51,53-56H,15-20H2,1-10H3,(H,48,58)/b12-11+,21-14+,24-13-,47-22+/t23-,25+,27+,28+,31-,37-,38+,41+,45-/m0/s1. The van der Waals surface area contributed by atoms with E-state index in [-0.39, 0.29) is 57.7 Å². The molecule has 0 saturated carbocycles. The van der Waals surface area contributed by atoms with E-state index in [1.807, 2.05) is 7.05 Å². The first-order valence-electron chi connectivity index (χ1n) is 21.0. The van der Waals surface area contributed by atoms with Crippen molar-refractivity contribution in [3.8, 4) is 17.2 Å². The monoisotopic (exact) mass is 865 g/mol. The van der Waals surface area contributed by atoms with Gasteiger partial charge in [0.2, 0.25) is 0 Å². The lowest BCUT2D eigenvalue weighted by Crippen LogP contribution is -2.46. The van der Waals surface area contributed by atoms with E-state index in [1.165, 1.54) is 45.6 Å². The van der Waals surface area contributed by atoms with Gasteiger partial charge in [-0.05, 0) is 27.0 Å². The highest BCUT2D eigenvalue weighted by Gasteiger charge is 2.50. The summed E-state index contributed by atoms with van der Waals surface area (Å²) in [4.78, 5) is 43.1. The SMILES string of the molecule is CO[C@H]1/C=C/O[C@@]2(C)Oc3c(C)c(NCCO)c4c(O)c(c(/C=N/N5CCN(C)CC5)c(O)c4c3C2=O)NC(=O)/C(C)=C\C=C\[C@H](C)[C@H](O)[C@@H](C)[C@@H](O)[C@@H](C)[C@H](OC(C)=O)[C@@H]1C. The number of hydrazone groups is 1. The molecule has 0 aliphatic carbocycles. The molecule has 4 aliphatic heterocycles. The molecule has 7 N–H and O–H groups in total. The van der Waals surface area contributed by atoms with Crippen LogP contribution >= 0.6 is 0 Å². The van der Waals surface area contributed by atoms with Gasteiger partial charge in [-0.15, -0.1) is 0 Å². The third-order valence-electron chi connectivity index (χ3n) is 12.3. The number of hydrogen-bond acceptors (Lipinski definition) is 16. The number of nitrogens with one attached hydrogen (secondary N) is 2. The molecule has 2 aromatic rings. The zero-order valence-corrected chi connectivity index (χ0v) is 37.3. The Morgan fingerprint density at radius 3 is 2.32 bits per heavy atom. The van der Waals surface area contributed by atoms with Crippen molar-refractivity contribution < 1.29 is 58.9 Å². The maximum atomic E-state index is 14.7. The Morgan fingerprint density at radius 2 is 1.69 bits per heavy atom. The number of phenols is 2. The van der Waals surface area contributed by atoms with Gasteiger partial charge >= 0.3 is 11.8 Å². The number of rotatable bonds is 7. The van der Waals surface area contributed by atoms with Gasteiger partial charge in [0.1, 0.15) is 23.4 Å². The minimum atomic E-state index is -2.01. The molecular formula is C45H63N5O12. The Bertz CT molecular complexity index is 2130. The second-order valence-electron chi connectivity index (χ2n) is 16.8. The molecular weight excluding hydrogens is 803 g/mol. The third-order valence-corrected chi connectivity index (χ3v) is 12.3. The maximum Gasteiger partial charge on any atom is 0.312 e. The molecule has 340 valence electrons. The van der Waals surface area contributed by atoms with Crippen molar-refractivity contribution in [1.29, 1.82) is 0 Å². The number of allylic oxidation sites excluding steroid dienone is 2. The number of ketones is 1. The Hall–Kier alpha value is -5.20. The van der Waals surface area contributed by atoms with Gasteiger partial charge in [0.25, 0.3) is 11.7 Å². The van der Waals surface area contributed by atoms with Gasteiger partial charge in [-0.3, -0.25) is 19.4 Å². The van der Waals surface area contributed by atoms with Gasteiger partial charge in [-0.2, -0.15) is 5.10 Å². The Balaban J connectivity index is 1.75. The average molecular weight is 866 g/mol. The van der Waals surface area contributed by atoms with Crippen LogP contribution < -0.4 is 15.4 Å². The molecule has 1 amide bonds. The van der Waals surface area contributed by atoms with Gasteiger partial charge in [-0.1, -0.05) is 45.9 Å². The predicted molar refractivity (Wildman–Crippen MR) is 234 cm³/mol. The first-order valence-corrected chi connectivity index (χ1v) is 21.0. The largest absolute Gasteiger partial charge is 0.507 e. The van der Waals surface area contributed by atoms with Crippen LogP contribution in [0.5, 0.6) is 17.2 Å². The number of phenolic OH excluding ortho intramolecular Hbond substituents is 2. The van der Waals surface area contributed by atoms with Crippen LogP contribution in [0.15, 0.2) is 41.2 Å². The Morgan fingerprint density at radius 1 is 1.02 bits per heavy atom. The van der Waals surface area contributed by atoms with Crippen molar-refractivity contribution in [3.63, 3.8) is 0 Å². The number of aliphatic hydroxyl groups excluding tert-OH is 3. The van der Waals surface area contributed by atoms with E-state index in [1.54, 1.807) is 58.7 Å². The summed E-state index contributed by atoms with van der Waals surface area (Å²) < 4.78 is 24.0. The fourth-order valence-corrected chi connectivity index (χ4v) is 8.34. The summed E-state index contributed by atoms with van der Waals surface area (Å²) in [7, 11) is 3.44. The molecule has 4 aliphatic rings. The maximum absolute atomic E-state index is 14.7. The molecule has 62 heavy (non-hydrogen) atoms. The zero-order valence-electron chi connectivity index (χ0n) is 37.3. The fraction of sp³-hybridized carbons (Fsp3) is 0.556. The number of Topliss-reactive ketones (excluding diaryl/α,β-unsaturated/α-hetero) is 1. The van der Waals surface area contributed by atoms with Gasteiger partial charge in [0.15, 0.2) is 0 Å². The Labute approximate surface area is 362 Å². The second-order valence-corrected chi connectivity index (χ2v) is 16.8. The molecule has 0 radical (unpaired) electrons. The molecule has 4 heterocycles. The van der Waals surface area contributed by atoms with E-state index in [2.05, 4.69) is 20.6 Å². The lowest BCUT2D eigenvalue weighted by molar-refractivity contribution is -0.160. The highest BCUT2D eigenvalue weighted by atomic mass is 16.7. The minimum Gasteiger partial charge on any atom is -0.507 e. The van der Waals surface area contributed by atoms with Crippen LogP contribution in [0.1, 0.15) is 70.0 Å². The molecule has 17 nitrogen and oxygen atoms in total. The number of likely N-dealkylation sites (N-methyl/N-ethyl adjacent to an activating group) is 1. The number of nitrogens with zero attached hydrogens (tertiary/aromatic N) is 3. The van der Waals surface area contributed by atoms with Crippen molar-refractivity contribution in [2.75, 3.05) is 64.1 Å². The van der Waals surface area contributed by atoms with E-state index in [4.69, 9.17) is 18.9 Å². The molecule has 5 bridgehead atoms. The summed E-state index contributed by atoms with van der Waals surface area (Å²) in [6.07, 6.45) is 5.03. The van der Waals surface area contributed by atoms with Crippen LogP contribution in [-0.4, -0.2) is 143 Å². The number of anilines is 2. The molecule has 1 saturated heterocycles. The number of carbonyl (C=O) groups excluding carboxylic acids is 3. The zero-order chi connectivity index (χ0) is 45.8. The van der Waals surface area contributed by atoms with Gasteiger partial charge in [0.05, 0.1) is 65.3 Å². The predicted octanol–water partition coefficient (Wildman–Crippen LogP) is 4.03. The van der Waals surface area contributed by atoms with E-state index in [9.17, 15) is 39.9 Å². The quantitative estimate of drug-likeness (QED) is 0.0902. The molecule has 9 atom stereocenters. The van der Waals surface area contributed by atoms with Crippen molar-refractivity contribution in [2.24, 2.45) is 28.8 Å². The second kappa shape index (κ2) is 19.9. The van der Waals surface area contributed by atoms with Crippen LogP contribution in [0.4, 0.5) is 11.4 Å². The van der Waals surface area contributed by atoms with Gasteiger partial charge in [0, 0.05) is 93.9 Å². The smallest absolute Gasteiger partial charge is 0.312 e. The number of benzene rings is 2. The lowest BCUT2D eigenvalue weighted by Gasteiger charge is -2.38. The number of fused-ring (bicyclic) bond motifs is 14. The van der Waals surface area contributed by atoms with Crippen LogP contribution in [0.3, 0.4) is 0 Å². The number of amides is 1. The van der Waals surface area contributed by atoms with Crippen LogP contribution in [0, 0.1) is 30.6 Å². The number of hydrogen-bond donors (Lipinski definition) is 7. The average Bonchev–Trinajstić information content (AvgIpc) is 3.50. The fourth-order valence-electron chi connectivity index (χ4n) is 8.34. The molecule has 2 aromatic carbocycles. The number of carbonyl (C=O) groups is 3. The topological polar surface area (TPSA) is 232 Å². The molecule has 1 fully saturated rings. The highest BCUT2D eigenvalue weighted by molar-refractivity contribution is 6.25. The normalized spacial score (nSPS) is 31.0. The van der Waals surface area contributed by atoms with E-state index in [0.717, 1.165) is 13.1 Å². The minimum absolute atomic E-state index is 0.00827.